The molecule has 0 N–H and O–H groups in total. The van der Waals surface area contributed by atoms with Crippen molar-refractivity contribution >= 4 is 45.0 Å². The summed E-state index contributed by atoms with van der Waals surface area (Å²) in [5, 5.41) is 0.852. The normalized spacial score (nSPS) is 14.4. The minimum Gasteiger partial charge on any atom is -0.337 e. The molecular weight excluding hydrogens is 392 g/mol. The van der Waals surface area contributed by atoms with Gasteiger partial charge in [0.05, 0.1) is 16.5 Å². The van der Waals surface area contributed by atoms with E-state index in [9.17, 15) is 4.79 Å². The van der Waals surface area contributed by atoms with Crippen LogP contribution in [0.2, 0.25) is 0 Å². The van der Waals surface area contributed by atoms with Crippen molar-refractivity contribution in [3.8, 4) is 0 Å². The van der Waals surface area contributed by atoms with Crippen molar-refractivity contribution in [2.45, 2.75) is 52.5 Å². The highest BCUT2D eigenvalue weighted by Gasteiger charge is 2.29. The van der Waals surface area contributed by atoms with Gasteiger partial charge in [-0.15, -0.1) is 12.4 Å². The molecule has 0 saturated heterocycles. The fourth-order valence-corrected chi connectivity index (χ4v) is 5.03. The van der Waals surface area contributed by atoms with Crippen molar-refractivity contribution in [2.24, 2.45) is 5.92 Å². The first-order chi connectivity index (χ1) is 13.1. The predicted octanol–water partition coefficient (Wildman–Crippen LogP) is 5.14. The molecule has 1 fully saturated rings. The lowest BCUT2D eigenvalue weighted by molar-refractivity contribution is -0.122. The molecule has 0 bridgehead atoms. The number of aryl methyl sites for hydroxylation is 3. The molecular formula is C21H27ClN4OS. The van der Waals surface area contributed by atoms with Crippen LogP contribution >= 0.6 is 23.7 Å². The fourth-order valence-electron chi connectivity index (χ4n) is 3.89. The van der Waals surface area contributed by atoms with Gasteiger partial charge in [-0.25, -0.2) is 9.97 Å². The third-order valence-corrected chi connectivity index (χ3v) is 6.70. The number of carbonyl (C=O) groups excluding carboxylic acids is 1. The number of amides is 1. The lowest BCUT2D eigenvalue weighted by Crippen LogP contribution is -2.36. The van der Waals surface area contributed by atoms with E-state index in [0.29, 0.717) is 6.54 Å². The Morgan fingerprint density at radius 3 is 2.68 bits per heavy atom. The maximum absolute atomic E-state index is 13.3. The largest absolute Gasteiger partial charge is 0.337 e. The first kappa shape index (κ1) is 20.8. The van der Waals surface area contributed by atoms with Gasteiger partial charge in [0.25, 0.3) is 0 Å². The zero-order valence-electron chi connectivity index (χ0n) is 16.4. The van der Waals surface area contributed by atoms with E-state index in [1.165, 1.54) is 15.8 Å². The van der Waals surface area contributed by atoms with E-state index < -0.39 is 0 Å². The van der Waals surface area contributed by atoms with E-state index in [1.807, 2.05) is 17.4 Å². The molecule has 4 rings (SSSR count). The number of thiazole rings is 1. The molecule has 150 valence electrons. The highest BCUT2D eigenvalue weighted by molar-refractivity contribution is 7.22. The Hall–Kier alpha value is -1.92. The molecule has 3 aromatic rings. The summed E-state index contributed by atoms with van der Waals surface area (Å²) in [6.45, 7) is 5.77. The van der Waals surface area contributed by atoms with Crippen LogP contribution in [0.4, 0.5) is 5.13 Å². The molecule has 7 heteroatoms. The molecule has 1 saturated carbocycles. The van der Waals surface area contributed by atoms with Crippen molar-refractivity contribution in [2.75, 3.05) is 11.4 Å². The van der Waals surface area contributed by atoms with Crippen LogP contribution in [0.3, 0.4) is 0 Å². The number of rotatable bonds is 6. The number of carbonyl (C=O) groups is 1. The molecule has 0 unspecified atom stereocenters. The number of benzene rings is 1. The summed E-state index contributed by atoms with van der Waals surface area (Å²) in [5.41, 5.74) is 3.43. The average molecular weight is 419 g/mol. The second-order valence-electron chi connectivity index (χ2n) is 7.50. The van der Waals surface area contributed by atoms with Crippen LogP contribution in [0.15, 0.2) is 30.9 Å². The summed E-state index contributed by atoms with van der Waals surface area (Å²) in [5.74, 6) is 0.417. The van der Waals surface area contributed by atoms with E-state index in [4.69, 9.17) is 4.98 Å². The molecule has 1 aliphatic rings. The minimum absolute atomic E-state index is 0. The Morgan fingerprint density at radius 1 is 1.25 bits per heavy atom. The van der Waals surface area contributed by atoms with Gasteiger partial charge in [0.2, 0.25) is 5.91 Å². The van der Waals surface area contributed by atoms with Crippen molar-refractivity contribution in [1.82, 2.24) is 14.5 Å². The van der Waals surface area contributed by atoms with Gasteiger partial charge in [0.1, 0.15) is 0 Å². The average Bonchev–Trinajstić information content (AvgIpc) is 3.42. The number of hydrogen-bond donors (Lipinski definition) is 0. The molecule has 28 heavy (non-hydrogen) atoms. The number of aromatic nitrogens is 3. The van der Waals surface area contributed by atoms with E-state index in [-0.39, 0.29) is 24.2 Å². The summed E-state index contributed by atoms with van der Waals surface area (Å²) in [4.78, 5) is 24.2. The third kappa shape index (κ3) is 4.23. The molecule has 0 atom stereocenters. The molecule has 0 radical (unpaired) electrons. The summed E-state index contributed by atoms with van der Waals surface area (Å²) in [6.07, 6.45) is 10.8. The van der Waals surface area contributed by atoms with E-state index in [2.05, 4.69) is 35.5 Å². The van der Waals surface area contributed by atoms with Gasteiger partial charge in [-0.05, 0) is 44.2 Å². The lowest BCUT2D eigenvalue weighted by atomic mass is 10.1. The monoisotopic (exact) mass is 418 g/mol. The van der Waals surface area contributed by atoms with Gasteiger partial charge in [0, 0.05) is 31.4 Å². The maximum atomic E-state index is 13.3. The Morgan fingerprint density at radius 2 is 2.00 bits per heavy atom. The standard InChI is InChI=1S/C21H26N4OS.ClH/c1-15-8-9-16(2)19-18(15)23-21(27-19)25(20(26)17-6-3-4-7-17)12-5-11-24-13-10-22-14-24;/h8-10,13-14,17H,3-7,11-12H2,1-2H3;1H. The molecule has 2 heterocycles. The predicted molar refractivity (Wildman–Crippen MR) is 117 cm³/mol. The number of nitrogens with zero attached hydrogens (tertiary/aromatic N) is 4. The van der Waals surface area contributed by atoms with E-state index in [1.54, 1.807) is 17.5 Å². The number of fused-ring (bicyclic) bond motifs is 1. The molecule has 1 aromatic carbocycles. The number of halogens is 1. The number of anilines is 1. The molecule has 5 nitrogen and oxygen atoms in total. The second-order valence-corrected chi connectivity index (χ2v) is 8.48. The van der Waals surface area contributed by atoms with Crippen LogP contribution in [-0.4, -0.2) is 27.0 Å². The maximum Gasteiger partial charge on any atom is 0.231 e. The third-order valence-electron chi connectivity index (χ3n) is 5.49. The van der Waals surface area contributed by atoms with Crippen LogP contribution in [0.1, 0.15) is 43.2 Å². The van der Waals surface area contributed by atoms with Crippen LogP contribution in [-0.2, 0) is 11.3 Å². The highest BCUT2D eigenvalue weighted by atomic mass is 35.5. The lowest BCUT2D eigenvalue weighted by Gasteiger charge is -2.23. The smallest absolute Gasteiger partial charge is 0.231 e. The second kappa shape index (κ2) is 9.05. The fraction of sp³-hybridized carbons (Fsp3) is 0.476. The first-order valence-electron chi connectivity index (χ1n) is 9.77. The van der Waals surface area contributed by atoms with Gasteiger partial charge in [-0.2, -0.15) is 0 Å². The van der Waals surface area contributed by atoms with Crippen molar-refractivity contribution in [1.29, 1.82) is 0 Å². The van der Waals surface area contributed by atoms with Gasteiger partial charge >= 0.3 is 0 Å². The quantitative estimate of drug-likeness (QED) is 0.556. The van der Waals surface area contributed by atoms with Crippen LogP contribution in [0.25, 0.3) is 10.2 Å². The minimum atomic E-state index is 0. The summed E-state index contributed by atoms with van der Waals surface area (Å²) >= 11 is 1.66. The Labute approximate surface area is 176 Å². The Balaban J connectivity index is 0.00000225. The zero-order valence-corrected chi connectivity index (χ0v) is 18.1. The van der Waals surface area contributed by atoms with Crippen molar-refractivity contribution in [3.05, 3.63) is 42.0 Å². The SMILES string of the molecule is Cc1ccc(C)c2sc(N(CCCn3ccnc3)C(=O)C3CCCC3)nc12.Cl. The van der Waals surface area contributed by atoms with Gasteiger partial charge < -0.3 is 4.57 Å². The van der Waals surface area contributed by atoms with Crippen LogP contribution in [0, 0.1) is 19.8 Å². The number of hydrogen-bond acceptors (Lipinski definition) is 4. The highest BCUT2D eigenvalue weighted by Crippen LogP contribution is 2.35. The van der Waals surface area contributed by atoms with Crippen molar-refractivity contribution < 1.29 is 4.79 Å². The van der Waals surface area contributed by atoms with Crippen molar-refractivity contribution in [3.63, 3.8) is 0 Å². The van der Waals surface area contributed by atoms with E-state index in [0.717, 1.165) is 49.3 Å². The molecule has 2 aromatic heterocycles. The van der Waals surface area contributed by atoms with Crippen LogP contribution < -0.4 is 4.90 Å². The summed E-state index contributed by atoms with van der Waals surface area (Å²) in [7, 11) is 0. The Kier molecular flexibility index (Phi) is 6.73. The molecule has 0 aliphatic heterocycles. The number of imidazole rings is 1. The summed E-state index contributed by atoms with van der Waals surface area (Å²) < 4.78 is 3.26. The van der Waals surface area contributed by atoms with Gasteiger partial charge in [-0.1, -0.05) is 36.3 Å². The molecule has 1 aliphatic carbocycles. The zero-order chi connectivity index (χ0) is 18.8. The topological polar surface area (TPSA) is 51.0 Å². The first-order valence-corrected chi connectivity index (χ1v) is 10.6. The Bertz CT molecular complexity index is 892. The molecule has 1 amide bonds. The van der Waals surface area contributed by atoms with Crippen LogP contribution in [0.5, 0.6) is 0 Å². The van der Waals surface area contributed by atoms with Gasteiger partial charge in [-0.3, -0.25) is 9.69 Å². The van der Waals surface area contributed by atoms with Gasteiger partial charge in [0.15, 0.2) is 5.13 Å². The van der Waals surface area contributed by atoms with E-state index >= 15 is 0 Å². The molecule has 0 spiro atoms. The summed E-state index contributed by atoms with van der Waals surface area (Å²) in [6, 6.07) is 4.26.